The van der Waals surface area contributed by atoms with Crippen molar-refractivity contribution < 1.29 is 4.79 Å². The molecule has 0 bridgehead atoms. The van der Waals surface area contributed by atoms with E-state index in [0.29, 0.717) is 12.6 Å². The average Bonchev–Trinajstić information content (AvgIpc) is 2.17. The fourth-order valence-electron chi connectivity index (χ4n) is 1.66. The maximum atomic E-state index is 11.9. The topological polar surface area (TPSA) is 32.3 Å². The molecule has 0 aromatic carbocycles. The Balaban J connectivity index is 4.21. The molecule has 0 aromatic heterocycles. The lowest BCUT2D eigenvalue weighted by atomic mass is 9.93. The fraction of sp³-hybridized carbons (Fsp3) is 0.923. The molecule has 0 saturated carbocycles. The van der Waals surface area contributed by atoms with Crippen molar-refractivity contribution in [1.82, 2.24) is 10.2 Å². The van der Waals surface area contributed by atoms with E-state index in [1.807, 2.05) is 7.05 Å². The minimum absolute atomic E-state index is 0.0380. The summed E-state index contributed by atoms with van der Waals surface area (Å²) < 4.78 is 0. The number of likely N-dealkylation sites (N-methyl/N-ethyl adjacent to an activating group) is 1. The van der Waals surface area contributed by atoms with Gasteiger partial charge in [-0.05, 0) is 40.7 Å². The van der Waals surface area contributed by atoms with Crippen LogP contribution in [0.3, 0.4) is 0 Å². The Morgan fingerprint density at radius 1 is 1.38 bits per heavy atom. The number of carbonyl (C=O) groups excluding carboxylic acids is 1. The van der Waals surface area contributed by atoms with Crippen molar-refractivity contribution in [1.29, 1.82) is 0 Å². The maximum absolute atomic E-state index is 11.9. The molecule has 1 atom stereocenters. The summed E-state index contributed by atoms with van der Waals surface area (Å²) >= 11 is 0. The summed E-state index contributed by atoms with van der Waals surface area (Å²) in [5.74, 6) is 0.133. The zero-order valence-corrected chi connectivity index (χ0v) is 11.8. The highest BCUT2D eigenvalue weighted by atomic mass is 16.2. The summed E-state index contributed by atoms with van der Waals surface area (Å²) in [7, 11) is 1.98. The van der Waals surface area contributed by atoms with E-state index in [1.54, 1.807) is 0 Å². The van der Waals surface area contributed by atoms with Crippen LogP contribution in [0.4, 0.5) is 0 Å². The van der Waals surface area contributed by atoms with Gasteiger partial charge in [-0.3, -0.25) is 9.69 Å². The van der Waals surface area contributed by atoms with Crippen LogP contribution in [0.15, 0.2) is 0 Å². The van der Waals surface area contributed by atoms with Crippen molar-refractivity contribution in [2.45, 2.75) is 65.5 Å². The van der Waals surface area contributed by atoms with Crippen LogP contribution >= 0.6 is 0 Å². The van der Waals surface area contributed by atoms with Crippen LogP contribution in [-0.4, -0.2) is 36.0 Å². The average molecular weight is 228 g/mol. The second-order valence-corrected chi connectivity index (χ2v) is 5.22. The van der Waals surface area contributed by atoms with Gasteiger partial charge >= 0.3 is 0 Å². The molecule has 0 spiro atoms. The van der Waals surface area contributed by atoms with Gasteiger partial charge in [-0.25, -0.2) is 0 Å². The second kappa shape index (κ2) is 6.89. The van der Waals surface area contributed by atoms with E-state index >= 15 is 0 Å². The lowest BCUT2D eigenvalue weighted by Gasteiger charge is -2.31. The van der Waals surface area contributed by atoms with Crippen LogP contribution in [0.5, 0.6) is 0 Å². The third-order valence-electron chi connectivity index (χ3n) is 3.30. The van der Waals surface area contributed by atoms with Gasteiger partial charge in [0.05, 0.1) is 6.54 Å². The third kappa shape index (κ3) is 5.50. The maximum Gasteiger partial charge on any atom is 0.234 e. The number of carbonyl (C=O) groups is 1. The van der Waals surface area contributed by atoms with Crippen molar-refractivity contribution in [3.05, 3.63) is 0 Å². The number of hydrogen-bond donors (Lipinski definition) is 1. The predicted molar refractivity (Wildman–Crippen MR) is 69.5 cm³/mol. The molecule has 0 heterocycles. The standard InChI is InChI=1S/C13H28N2O/c1-7-9-13(5,8-2)14-12(16)10-15(6)11(3)4/h11H,7-10H2,1-6H3,(H,14,16). The molecule has 0 rings (SSSR count). The monoisotopic (exact) mass is 228 g/mol. The summed E-state index contributed by atoms with van der Waals surface area (Å²) in [4.78, 5) is 13.9. The summed E-state index contributed by atoms with van der Waals surface area (Å²) in [5.41, 5.74) is -0.0380. The van der Waals surface area contributed by atoms with E-state index < -0.39 is 0 Å². The molecule has 96 valence electrons. The lowest BCUT2D eigenvalue weighted by Crippen LogP contribution is -2.49. The molecule has 16 heavy (non-hydrogen) atoms. The Hall–Kier alpha value is -0.570. The first-order valence-electron chi connectivity index (χ1n) is 6.36. The van der Waals surface area contributed by atoms with Gasteiger partial charge in [-0.1, -0.05) is 20.3 Å². The van der Waals surface area contributed by atoms with Gasteiger partial charge in [0.25, 0.3) is 0 Å². The van der Waals surface area contributed by atoms with Gasteiger partial charge in [-0.2, -0.15) is 0 Å². The van der Waals surface area contributed by atoms with E-state index in [0.717, 1.165) is 19.3 Å². The van der Waals surface area contributed by atoms with Crippen molar-refractivity contribution >= 4 is 5.91 Å². The molecule has 1 N–H and O–H groups in total. The van der Waals surface area contributed by atoms with Crippen molar-refractivity contribution in [2.75, 3.05) is 13.6 Å². The Labute approximate surface area is 101 Å². The molecule has 3 heteroatoms. The van der Waals surface area contributed by atoms with Gasteiger partial charge in [0, 0.05) is 11.6 Å². The molecular formula is C13H28N2O. The first-order chi connectivity index (χ1) is 7.34. The highest BCUT2D eigenvalue weighted by Gasteiger charge is 2.23. The van der Waals surface area contributed by atoms with E-state index in [9.17, 15) is 4.79 Å². The van der Waals surface area contributed by atoms with Crippen LogP contribution in [0, 0.1) is 0 Å². The summed E-state index contributed by atoms with van der Waals surface area (Å²) in [5, 5.41) is 3.15. The number of amides is 1. The van der Waals surface area contributed by atoms with Crippen LogP contribution in [0.2, 0.25) is 0 Å². The van der Waals surface area contributed by atoms with E-state index in [1.165, 1.54) is 0 Å². The summed E-state index contributed by atoms with van der Waals surface area (Å²) in [6, 6.07) is 0.407. The normalized spacial score (nSPS) is 15.2. The first kappa shape index (κ1) is 15.4. The predicted octanol–water partition coefficient (Wildman–Crippen LogP) is 2.41. The minimum Gasteiger partial charge on any atom is -0.350 e. The Morgan fingerprint density at radius 2 is 1.94 bits per heavy atom. The molecule has 1 unspecified atom stereocenters. The molecule has 0 fully saturated rings. The number of nitrogens with zero attached hydrogens (tertiary/aromatic N) is 1. The molecular weight excluding hydrogens is 200 g/mol. The molecule has 0 aliphatic heterocycles. The van der Waals surface area contributed by atoms with Gasteiger partial charge in [-0.15, -0.1) is 0 Å². The van der Waals surface area contributed by atoms with Crippen molar-refractivity contribution in [2.24, 2.45) is 0 Å². The SMILES string of the molecule is CCCC(C)(CC)NC(=O)CN(C)C(C)C. The minimum atomic E-state index is -0.0380. The molecule has 0 aliphatic carbocycles. The number of nitrogens with one attached hydrogen (secondary N) is 1. The van der Waals surface area contributed by atoms with Gasteiger partial charge in [0.1, 0.15) is 0 Å². The van der Waals surface area contributed by atoms with Gasteiger partial charge in [0.15, 0.2) is 0 Å². The molecule has 0 saturated heterocycles. The molecule has 0 radical (unpaired) electrons. The Morgan fingerprint density at radius 3 is 2.31 bits per heavy atom. The highest BCUT2D eigenvalue weighted by molar-refractivity contribution is 5.78. The zero-order chi connectivity index (χ0) is 12.8. The zero-order valence-electron chi connectivity index (χ0n) is 11.8. The molecule has 0 aliphatic rings. The van der Waals surface area contributed by atoms with Crippen molar-refractivity contribution in [3.63, 3.8) is 0 Å². The van der Waals surface area contributed by atoms with Gasteiger partial charge in [0.2, 0.25) is 5.91 Å². The van der Waals surface area contributed by atoms with E-state index in [2.05, 4.69) is 44.8 Å². The Kier molecular flexibility index (Phi) is 6.65. The van der Waals surface area contributed by atoms with Crippen molar-refractivity contribution in [3.8, 4) is 0 Å². The highest BCUT2D eigenvalue weighted by Crippen LogP contribution is 2.16. The first-order valence-corrected chi connectivity index (χ1v) is 6.36. The molecule has 0 aromatic rings. The molecule has 3 nitrogen and oxygen atoms in total. The summed E-state index contributed by atoms with van der Waals surface area (Å²) in [6.07, 6.45) is 3.13. The largest absolute Gasteiger partial charge is 0.350 e. The molecule has 1 amide bonds. The quantitative estimate of drug-likeness (QED) is 0.726. The third-order valence-corrected chi connectivity index (χ3v) is 3.30. The fourth-order valence-corrected chi connectivity index (χ4v) is 1.66. The number of rotatable bonds is 7. The summed E-state index contributed by atoms with van der Waals surface area (Å²) in [6.45, 7) is 11.1. The number of hydrogen-bond acceptors (Lipinski definition) is 2. The Bertz CT molecular complexity index is 216. The second-order valence-electron chi connectivity index (χ2n) is 5.22. The van der Waals surface area contributed by atoms with E-state index in [-0.39, 0.29) is 11.4 Å². The van der Waals surface area contributed by atoms with Crippen LogP contribution in [0.25, 0.3) is 0 Å². The van der Waals surface area contributed by atoms with Crippen LogP contribution in [-0.2, 0) is 4.79 Å². The van der Waals surface area contributed by atoms with E-state index in [4.69, 9.17) is 0 Å². The lowest BCUT2D eigenvalue weighted by molar-refractivity contribution is -0.124. The van der Waals surface area contributed by atoms with Crippen LogP contribution < -0.4 is 5.32 Å². The van der Waals surface area contributed by atoms with Gasteiger partial charge < -0.3 is 5.32 Å². The van der Waals surface area contributed by atoms with Crippen LogP contribution in [0.1, 0.15) is 53.9 Å². The smallest absolute Gasteiger partial charge is 0.234 e.